The number of benzene rings is 1. The van der Waals surface area contributed by atoms with Crippen molar-refractivity contribution in [3.8, 4) is 0 Å². The molecule has 6 heteroatoms. The van der Waals surface area contributed by atoms with Crippen molar-refractivity contribution in [3.63, 3.8) is 0 Å². The zero-order chi connectivity index (χ0) is 13.6. The van der Waals surface area contributed by atoms with Gasteiger partial charge in [0.2, 0.25) is 0 Å². The van der Waals surface area contributed by atoms with Gasteiger partial charge in [-0.1, -0.05) is 30.3 Å². The largest absolute Gasteiger partial charge is 0.465 e. The van der Waals surface area contributed by atoms with Crippen LogP contribution in [0.1, 0.15) is 12.5 Å². The molecule has 18 heavy (non-hydrogen) atoms. The summed E-state index contributed by atoms with van der Waals surface area (Å²) in [5.41, 5.74) is 5.01. The molecular formula is C12H17NO5. The number of amides is 1. The van der Waals surface area contributed by atoms with Crippen LogP contribution in [0.3, 0.4) is 0 Å². The first-order valence-electron chi connectivity index (χ1n) is 5.44. The van der Waals surface area contributed by atoms with E-state index < -0.39 is 11.9 Å². The zero-order valence-corrected chi connectivity index (χ0v) is 10.1. The molecule has 2 rings (SSSR count). The molecule has 1 aromatic rings. The number of nitrogens with two attached hydrogens (primary N) is 1. The van der Waals surface area contributed by atoms with Crippen molar-refractivity contribution in [3.05, 3.63) is 35.9 Å². The maximum absolute atomic E-state index is 8.94. The van der Waals surface area contributed by atoms with E-state index in [2.05, 4.69) is 5.73 Å². The maximum atomic E-state index is 8.94. The van der Waals surface area contributed by atoms with Gasteiger partial charge in [0, 0.05) is 5.56 Å². The molecule has 4 N–H and O–H groups in total. The van der Waals surface area contributed by atoms with Crippen LogP contribution in [0.4, 0.5) is 4.79 Å². The SMILES string of the molecule is CC1(c2ccccc2)OCC(CO)O1.NC(=O)O. The molecule has 1 saturated heterocycles. The van der Waals surface area contributed by atoms with E-state index in [-0.39, 0.29) is 12.7 Å². The van der Waals surface area contributed by atoms with Crippen LogP contribution in [-0.2, 0) is 15.3 Å². The van der Waals surface area contributed by atoms with E-state index in [1.165, 1.54) is 0 Å². The summed E-state index contributed by atoms with van der Waals surface area (Å²) in [6, 6.07) is 9.75. The topological polar surface area (TPSA) is 102 Å². The first-order valence-corrected chi connectivity index (χ1v) is 5.44. The fourth-order valence-corrected chi connectivity index (χ4v) is 1.62. The lowest BCUT2D eigenvalue weighted by Crippen LogP contribution is -2.24. The van der Waals surface area contributed by atoms with Gasteiger partial charge in [0.25, 0.3) is 0 Å². The Balaban J connectivity index is 0.000000357. The number of carboxylic acid groups (broad SMARTS) is 1. The quantitative estimate of drug-likeness (QED) is 0.728. The molecule has 100 valence electrons. The van der Waals surface area contributed by atoms with Crippen LogP contribution < -0.4 is 5.73 Å². The zero-order valence-electron chi connectivity index (χ0n) is 10.1. The van der Waals surface area contributed by atoms with Crippen molar-refractivity contribution in [2.24, 2.45) is 5.73 Å². The van der Waals surface area contributed by atoms with E-state index in [1.54, 1.807) is 0 Å². The van der Waals surface area contributed by atoms with Crippen LogP contribution in [0.15, 0.2) is 30.3 Å². The van der Waals surface area contributed by atoms with Crippen LogP contribution in [0.2, 0.25) is 0 Å². The molecule has 0 radical (unpaired) electrons. The van der Waals surface area contributed by atoms with Crippen LogP contribution in [0.5, 0.6) is 0 Å². The summed E-state index contributed by atoms with van der Waals surface area (Å²) in [5.74, 6) is -0.700. The van der Waals surface area contributed by atoms with Crippen molar-refractivity contribution in [2.75, 3.05) is 13.2 Å². The van der Waals surface area contributed by atoms with E-state index in [0.717, 1.165) is 5.56 Å². The first kappa shape index (κ1) is 14.4. The Morgan fingerprint density at radius 1 is 1.50 bits per heavy atom. The molecule has 2 unspecified atom stereocenters. The highest BCUT2D eigenvalue weighted by Crippen LogP contribution is 2.33. The maximum Gasteiger partial charge on any atom is 0.402 e. The minimum absolute atomic E-state index is 0.00240. The molecule has 1 amide bonds. The summed E-state index contributed by atoms with van der Waals surface area (Å²) < 4.78 is 11.2. The third-order valence-electron chi connectivity index (χ3n) is 2.44. The predicted octanol–water partition coefficient (Wildman–Crippen LogP) is 0.890. The Morgan fingerprint density at radius 3 is 2.50 bits per heavy atom. The second kappa shape index (κ2) is 6.34. The average molecular weight is 255 g/mol. The fourth-order valence-electron chi connectivity index (χ4n) is 1.62. The third-order valence-corrected chi connectivity index (χ3v) is 2.44. The predicted molar refractivity (Wildman–Crippen MR) is 63.9 cm³/mol. The number of carbonyl (C=O) groups is 1. The molecule has 2 atom stereocenters. The molecule has 1 fully saturated rings. The van der Waals surface area contributed by atoms with Gasteiger partial charge >= 0.3 is 6.09 Å². The summed E-state index contributed by atoms with van der Waals surface area (Å²) in [5, 5.41) is 16.1. The van der Waals surface area contributed by atoms with E-state index in [4.69, 9.17) is 24.5 Å². The Bertz CT molecular complexity index is 379. The standard InChI is InChI=1S/C11H14O3.CH3NO2/c1-11(9-5-3-2-4-6-9)13-8-10(7-12)14-11;2-1(3)4/h2-6,10,12H,7-8H2,1H3;2H2,(H,3,4). The Morgan fingerprint density at radius 2 is 2.06 bits per heavy atom. The van der Waals surface area contributed by atoms with Gasteiger partial charge < -0.3 is 25.4 Å². The minimum atomic E-state index is -1.33. The molecule has 6 nitrogen and oxygen atoms in total. The van der Waals surface area contributed by atoms with Crippen molar-refractivity contribution in [2.45, 2.75) is 18.8 Å². The molecule has 0 saturated carbocycles. The summed E-state index contributed by atoms with van der Waals surface area (Å²) >= 11 is 0. The van der Waals surface area contributed by atoms with Crippen LogP contribution >= 0.6 is 0 Å². The minimum Gasteiger partial charge on any atom is -0.465 e. The molecule has 0 aromatic heterocycles. The normalized spacial score (nSPS) is 26.2. The summed E-state index contributed by atoms with van der Waals surface area (Å²) in [7, 11) is 0. The second-order valence-corrected chi connectivity index (χ2v) is 3.88. The summed E-state index contributed by atoms with van der Waals surface area (Å²) in [6.07, 6.45) is -1.54. The highest BCUT2D eigenvalue weighted by Gasteiger charge is 2.38. The molecular weight excluding hydrogens is 238 g/mol. The first-order chi connectivity index (χ1) is 8.48. The summed E-state index contributed by atoms with van der Waals surface area (Å²) in [4.78, 5) is 8.78. The smallest absolute Gasteiger partial charge is 0.402 e. The molecule has 1 aliphatic rings. The van der Waals surface area contributed by atoms with Gasteiger partial charge in [-0.15, -0.1) is 0 Å². The Hall–Kier alpha value is -1.63. The second-order valence-electron chi connectivity index (χ2n) is 3.88. The molecule has 1 aromatic carbocycles. The molecule has 0 aliphatic carbocycles. The van der Waals surface area contributed by atoms with Gasteiger partial charge in [-0.3, -0.25) is 0 Å². The van der Waals surface area contributed by atoms with Crippen molar-refractivity contribution < 1.29 is 24.5 Å². The van der Waals surface area contributed by atoms with Crippen LogP contribution in [0, 0.1) is 0 Å². The molecule has 1 heterocycles. The van der Waals surface area contributed by atoms with Crippen LogP contribution in [0.25, 0.3) is 0 Å². The van der Waals surface area contributed by atoms with Crippen molar-refractivity contribution >= 4 is 6.09 Å². The molecule has 0 bridgehead atoms. The Kier molecular flexibility index (Phi) is 5.08. The number of rotatable bonds is 2. The van der Waals surface area contributed by atoms with Crippen LogP contribution in [-0.4, -0.2) is 35.6 Å². The number of hydrogen-bond acceptors (Lipinski definition) is 4. The number of aliphatic hydroxyl groups is 1. The molecule has 1 aliphatic heterocycles. The van der Waals surface area contributed by atoms with E-state index in [1.807, 2.05) is 37.3 Å². The van der Waals surface area contributed by atoms with Gasteiger partial charge in [0.05, 0.1) is 13.2 Å². The van der Waals surface area contributed by atoms with Crippen molar-refractivity contribution in [1.29, 1.82) is 0 Å². The number of primary amides is 1. The third kappa shape index (κ3) is 3.99. The Labute approximate surface area is 105 Å². The lowest BCUT2D eigenvalue weighted by Gasteiger charge is -2.23. The highest BCUT2D eigenvalue weighted by molar-refractivity contribution is 5.61. The monoisotopic (exact) mass is 255 g/mol. The fraction of sp³-hybridized carbons (Fsp3) is 0.417. The highest BCUT2D eigenvalue weighted by atomic mass is 16.7. The van der Waals surface area contributed by atoms with Gasteiger partial charge in [-0.05, 0) is 6.92 Å². The van der Waals surface area contributed by atoms with Crippen molar-refractivity contribution in [1.82, 2.24) is 0 Å². The number of ether oxygens (including phenoxy) is 2. The average Bonchev–Trinajstić information content (AvgIpc) is 2.73. The summed E-state index contributed by atoms with van der Waals surface area (Å²) in [6.45, 7) is 2.32. The van der Waals surface area contributed by atoms with Gasteiger partial charge in [0.15, 0.2) is 5.79 Å². The lowest BCUT2D eigenvalue weighted by molar-refractivity contribution is -0.165. The van der Waals surface area contributed by atoms with E-state index in [0.29, 0.717) is 6.61 Å². The van der Waals surface area contributed by atoms with E-state index in [9.17, 15) is 0 Å². The van der Waals surface area contributed by atoms with E-state index >= 15 is 0 Å². The van der Waals surface area contributed by atoms with Gasteiger partial charge in [-0.25, -0.2) is 4.79 Å². The number of hydrogen-bond donors (Lipinski definition) is 3. The molecule has 0 spiro atoms. The van der Waals surface area contributed by atoms with Gasteiger partial charge in [-0.2, -0.15) is 0 Å². The lowest BCUT2D eigenvalue weighted by atomic mass is 10.1. The van der Waals surface area contributed by atoms with Gasteiger partial charge in [0.1, 0.15) is 6.10 Å². The number of aliphatic hydroxyl groups excluding tert-OH is 1.